The van der Waals surface area contributed by atoms with E-state index in [1.54, 1.807) is 0 Å². The molecule has 0 bridgehead atoms. The molecule has 0 spiro atoms. The molecule has 0 saturated carbocycles. The number of aromatic nitrogens is 2. The third-order valence-electron chi connectivity index (χ3n) is 1.63. The molecule has 5 nitrogen and oxygen atoms in total. The van der Waals surface area contributed by atoms with Crippen molar-refractivity contribution in [1.82, 2.24) is 9.66 Å². The molecule has 0 aliphatic carbocycles. The summed E-state index contributed by atoms with van der Waals surface area (Å²) in [4.78, 5) is 6.34. The van der Waals surface area contributed by atoms with Crippen LogP contribution in [0.25, 0.3) is 11.0 Å². The molecule has 6 heteroatoms. The Morgan fingerprint density at radius 1 is 1.46 bits per heavy atom. The Kier molecular flexibility index (Phi) is 1.99. The first-order valence-corrected chi connectivity index (χ1v) is 4.67. The number of imidazole rings is 1. The van der Waals surface area contributed by atoms with Gasteiger partial charge in [0.05, 0.1) is 11.0 Å². The minimum Gasteiger partial charge on any atom is -0.288 e. The lowest BCUT2D eigenvalue weighted by Gasteiger charge is -2.01. The highest BCUT2D eigenvalue weighted by atomic mass is 32.2. The van der Waals surface area contributed by atoms with E-state index in [1.807, 2.05) is 24.3 Å². The second kappa shape index (κ2) is 3.15. The summed E-state index contributed by atoms with van der Waals surface area (Å²) in [6.45, 7) is 0. The van der Waals surface area contributed by atoms with Crippen molar-refractivity contribution in [3.05, 3.63) is 30.6 Å². The van der Waals surface area contributed by atoms with E-state index in [4.69, 9.17) is 4.55 Å². The fourth-order valence-electron chi connectivity index (χ4n) is 1.12. The van der Waals surface area contributed by atoms with Crippen molar-refractivity contribution in [3.63, 3.8) is 0 Å². The monoisotopic (exact) mass is 197 g/mol. The summed E-state index contributed by atoms with van der Waals surface area (Å²) in [6, 6.07) is 7.33. The second-order valence-electron chi connectivity index (χ2n) is 2.44. The van der Waals surface area contributed by atoms with E-state index in [1.165, 1.54) is 11.0 Å². The predicted octanol–water partition coefficient (Wildman–Crippen LogP) is 0.716. The first kappa shape index (κ1) is 8.21. The van der Waals surface area contributed by atoms with E-state index < -0.39 is 11.3 Å². The number of nitrogens with zero attached hydrogens (tertiary/aromatic N) is 2. The van der Waals surface area contributed by atoms with Gasteiger partial charge in [-0.25, -0.2) is 18.7 Å². The quantitative estimate of drug-likeness (QED) is 0.697. The van der Waals surface area contributed by atoms with Crippen molar-refractivity contribution < 1.29 is 8.76 Å². The molecular weight excluding hydrogens is 190 g/mol. The van der Waals surface area contributed by atoms with Crippen LogP contribution in [-0.2, 0) is 11.3 Å². The maximum Gasteiger partial charge on any atom is 0.274 e. The van der Waals surface area contributed by atoms with Gasteiger partial charge < -0.3 is 0 Å². The smallest absolute Gasteiger partial charge is 0.274 e. The zero-order valence-electron chi connectivity index (χ0n) is 6.54. The zero-order chi connectivity index (χ0) is 9.26. The Hall–Kier alpha value is -1.40. The van der Waals surface area contributed by atoms with Crippen LogP contribution in [0.3, 0.4) is 0 Å². The van der Waals surface area contributed by atoms with Crippen LogP contribution in [0.15, 0.2) is 30.6 Å². The lowest BCUT2D eigenvalue weighted by Crippen LogP contribution is -2.15. The molecule has 0 aliphatic heterocycles. The van der Waals surface area contributed by atoms with Crippen molar-refractivity contribution in [2.75, 3.05) is 4.83 Å². The van der Waals surface area contributed by atoms with Crippen LogP contribution in [0.2, 0.25) is 0 Å². The van der Waals surface area contributed by atoms with Crippen LogP contribution >= 0.6 is 0 Å². The van der Waals surface area contributed by atoms with Gasteiger partial charge in [-0.1, -0.05) is 12.1 Å². The maximum absolute atomic E-state index is 10.5. The van der Waals surface area contributed by atoms with E-state index in [9.17, 15) is 4.21 Å². The second-order valence-corrected chi connectivity index (χ2v) is 3.12. The number of para-hydroxylation sites is 2. The van der Waals surface area contributed by atoms with E-state index in [0.29, 0.717) is 0 Å². The predicted molar refractivity (Wildman–Crippen MR) is 49.9 cm³/mol. The molecule has 2 aromatic rings. The molecule has 0 amide bonds. The van der Waals surface area contributed by atoms with Gasteiger partial charge in [0.15, 0.2) is 0 Å². The van der Waals surface area contributed by atoms with Crippen molar-refractivity contribution in [2.24, 2.45) is 0 Å². The Bertz CT molecular complexity index is 454. The largest absolute Gasteiger partial charge is 0.288 e. The number of nitrogens with one attached hydrogen (secondary N) is 1. The molecular formula is C7H7N3O2S. The maximum atomic E-state index is 10.5. The summed E-state index contributed by atoms with van der Waals surface area (Å²) in [5.74, 6) is 0. The highest BCUT2D eigenvalue weighted by Crippen LogP contribution is 2.09. The van der Waals surface area contributed by atoms with E-state index in [0.717, 1.165) is 11.0 Å². The van der Waals surface area contributed by atoms with Crippen LogP contribution in [-0.4, -0.2) is 18.4 Å². The van der Waals surface area contributed by atoms with Crippen molar-refractivity contribution in [1.29, 1.82) is 0 Å². The summed E-state index contributed by atoms with van der Waals surface area (Å²) in [6.07, 6.45) is 1.46. The van der Waals surface area contributed by atoms with Crippen molar-refractivity contribution >= 4 is 22.3 Å². The fraction of sp³-hybridized carbons (Fsp3) is 0. The first-order valence-electron chi connectivity index (χ1n) is 3.57. The van der Waals surface area contributed by atoms with E-state index >= 15 is 0 Å². The molecule has 1 atom stereocenters. The van der Waals surface area contributed by atoms with Gasteiger partial charge in [-0.3, -0.25) is 4.55 Å². The minimum absolute atomic E-state index is 0.768. The normalized spacial score (nSPS) is 13.0. The van der Waals surface area contributed by atoms with Gasteiger partial charge in [-0.05, 0) is 12.1 Å². The molecule has 0 aliphatic rings. The number of hydrogen-bond donors (Lipinski definition) is 2. The first-order chi connectivity index (χ1) is 6.27. The summed E-state index contributed by atoms with van der Waals surface area (Å²) >= 11 is -2.08. The highest BCUT2D eigenvalue weighted by Gasteiger charge is 2.01. The van der Waals surface area contributed by atoms with Crippen LogP contribution in [0.5, 0.6) is 0 Å². The third-order valence-corrected chi connectivity index (χ3v) is 1.98. The number of benzene rings is 1. The molecule has 2 rings (SSSR count). The molecule has 2 N–H and O–H groups in total. The SMILES string of the molecule is O=S(O)Nn1cnc2ccccc21. The number of fused-ring (bicyclic) bond motifs is 1. The molecule has 0 saturated heterocycles. The van der Waals surface area contributed by atoms with Crippen LogP contribution < -0.4 is 4.83 Å². The lowest BCUT2D eigenvalue weighted by atomic mass is 10.3. The zero-order valence-corrected chi connectivity index (χ0v) is 7.36. The molecule has 0 fully saturated rings. The van der Waals surface area contributed by atoms with Gasteiger partial charge in [0.2, 0.25) is 0 Å². The molecule has 68 valence electrons. The third kappa shape index (κ3) is 1.53. The highest BCUT2D eigenvalue weighted by molar-refractivity contribution is 7.80. The molecule has 1 aromatic carbocycles. The van der Waals surface area contributed by atoms with Gasteiger partial charge in [0.25, 0.3) is 11.3 Å². The Labute approximate surface area is 76.8 Å². The van der Waals surface area contributed by atoms with Crippen molar-refractivity contribution in [2.45, 2.75) is 0 Å². The molecule has 13 heavy (non-hydrogen) atoms. The average molecular weight is 197 g/mol. The fourth-order valence-corrected chi connectivity index (χ4v) is 1.43. The van der Waals surface area contributed by atoms with Gasteiger partial charge in [0, 0.05) is 0 Å². The van der Waals surface area contributed by atoms with Crippen molar-refractivity contribution in [3.8, 4) is 0 Å². The van der Waals surface area contributed by atoms with Gasteiger partial charge in [-0.15, -0.1) is 0 Å². The number of rotatable bonds is 2. The summed E-state index contributed by atoms with van der Waals surface area (Å²) in [7, 11) is 0. The Balaban J connectivity index is 2.51. The standard InChI is InChI=1S/C7H7N3O2S/c11-13(12)9-10-5-8-6-3-1-2-4-7(6)10/h1-5,9H,(H,11,12). The topological polar surface area (TPSA) is 67.2 Å². The summed E-state index contributed by atoms with van der Waals surface area (Å²) in [5.41, 5.74) is 1.55. The molecule has 0 radical (unpaired) electrons. The van der Waals surface area contributed by atoms with E-state index in [2.05, 4.69) is 9.82 Å². The van der Waals surface area contributed by atoms with E-state index in [-0.39, 0.29) is 0 Å². The van der Waals surface area contributed by atoms with Crippen LogP contribution in [0.1, 0.15) is 0 Å². The lowest BCUT2D eigenvalue weighted by molar-refractivity contribution is 0.564. The molecule has 1 heterocycles. The Morgan fingerprint density at radius 3 is 3.00 bits per heavy atom. The number of hydrogen-bond acceptors (Lipinski definition) is 2. The Morgan fingerprint density at radius 2 is 2.23 bits per heavy atom. The van der Waals surface area contributed by atoms with Gasteiger partial charge in [-0.2, -0.15) is 0 Å². The summed E-state index contributed by atoms with van der Waals surface area (Å²) < 4.78 is 20.5. The van der Waals surface area contributed by atoms with Crippen LogP contribution in [0, 0.1) is 0 Å². The molecule has 1 aromatic heterocycles. The van der Waals surface area contributed by atoms with Gasteiger partial charge >= 0.3 is 0 Å². The summed E-state index contributed by atoms with van der Waals surface area (Å²) in [5, 5.41) is 0. The van der Waals surface area contributed by atoms with Gasteiger partial charge in [0.1, 0.15) is 6.33 Å². The average Bonchev–Trinajstić information content (AvgIpc) is 2.48. The van der Waals surface area contributed by atoms with Crippen LogP contribution in [0.4, 0.5) is 0 Å². The minimum atomic E-state index is -2.08. The molecule has 1 unspecified atom stereocenters.